The fraction of sp³-hybridized carbons (Fsp3) is 0.857. The average Bonchev–Trinajstić information content (AvgIpc) is 2.39. The minimum Gasteiger partial charge on any atom is -0.370 e. The van der Waals surface area contributed by atoms with E-state index in [2.05, 4.69) is 12.2 Å². The zero-order chi connectivity index (χ0) is 13.8. The highest BCUT2D eigenvalue weighted by Crippen LogP contribution is 2.23. The van der Waals surface area contributed by atoms with E-state index in [4.69, 9.17) is 5.73 Å². The molecule has 108 valence electrons. The summed E-state index contributed by atoms with van der Waals surface area (Å²) in [5.74, 6) is 0.792. The van der Waals surface area contributed by atoms with Gasteiger partial charge in [-0.3, -0.25) is 9.59 Å². The van der Waals surface area contributed by atoms with Crippen molar-refractivity contribution in [2.24, 2.45) is 17.6 Å². The quantitative estimate of drug-likeness (QED) is 0.781. The molecular formula is C14H25N3O2. The molecule has 0 aromatic rings. The maximum atomic E-state index is 12.5. The third-order valence-electron chi connectivity index (χ3n) is 4.45. The maximum Gasteiger partial charge on any atom is 0.239 e. The lowest BCUT2D eigenvalue weighted by Crippen LogP contribution is -2.53. The highest BCUT2D eigenvalue weighted by Gasteiger charge is 2.32. The van der Waals surface area contributed by atoms with Crippen LogP contribution in [0.15, 0.2) is 0 Å². The van der Waals surface area contributed by atoms with Crippen molar-refractivity contribution in [3.8, 4) is 0 Å². The van der Waals surface area contributed by atoms with Crippen molar-refractivity contribution in [2.45, 2.75) is 45.1 Å². The Kier molecular flexibility index (Phi) is 4.80. The molecule has 0 bridgehead atoms. The van der Waals surface area contributed by atoms with Crippen LogP contribution in [0.25, 0.3) is 0 Å². The minimum absolute atomic E-state index is 0.0126. The zero-order valence-corrected chi connectivity index (χ0v) is 11.7. The normalized spacial score (nSPS) is 29.2. The van der Waals surface area contributed by atoms with Crippen molar-refractivity contribution in [3.05, 3.63) is 0 Å². The SMILES string of the molecule is CC1CCCNC1C(=O)N1CCC(CC(N)=O)CC1. The first-order valence-electron chi connectivity index (χ1n) is 7.38. The van der Waals surface area contributed by atoms with Gasteiger partial charge in [0.15, 0.2) is 0 Å². The molecule has 0 radical (unpaired) electrons. The van der Waals surface area contributed by atoms with Crippen molar-refractivity contribution in [3.63, 3.8) is 0 Å². The van der Waals surface area contributed by atoms with Crippen LogP contribution in [0.5, 0.6) is 0 Å². The number of carbonyl (C=O) groups is 2. The monoisotopic (exact) mass is 267 g/mol. The lowest BCUT2D eigenvalue weighted by Gasteiger charge is -2.37. The van der Waals surface area contributed by atoms with Gasteiger partial charge in [0.1, 0.15) is 0 Å². The number of likely N-dealkylation sites (tertiary alicyclic amines) is 1. The number of hydrogen-bond acceptors (Lipinski definition) is 3. The summed E-state index contributed by atoms with van der Waals surface area (Å²) in [6.45, 7) is 4.62. The van der Waals surface area contributed by atoms with Crippen LogP contribution in [0.4, 0.5) is 0 Å². The first-order chi connectivity index (χ1) is 9.08. The van der Waals surface area contributed by atoms with Gasteiger partial charge in [-0.2, -0.15) is 0 Å². The Hall–Kier alpha value is -1.10. The second kappa shape index (κ2) is 6.37. The number of carbonyl (C=O) groups excluding carboxylic acids is 2. The summed E-state index contributed by atoms with van der Waals surface area (Å²) in [5.41, 5.74) is 5.22. The summed E-state index contributed by atoms with van der Waals surface area (Å²) in [6, 6.07) is -0.0126. The van der Waals surface area contributed by atoms with Crippen molar-refractivity contribution in [1.82, 2.24) is 10.2 Å². The smallest absolute Gasteiger partial charge is 0.239 e. The number of primary amides is 1. The Bertz CT molecular complexity index is 338. The van der Waals surface area contributed by atoms with Crippen LogP contribution in [0.3, 0.4) is 0 Å². The van der Waals surface area contributed by atoms with Crippen LogP contribution < -0.4 is 11.1 Å². The Balaban J connectivity index is 1.83. The fourth-order valence-corrected chi connectivity index (χ4v) is 3.22. The minimum atomic E-state index is -0.229. The van der Waals surface area contributed by atoms with Crippen LogP contribution in [-0.4, -0.2) is 42.4 Å². The van der Waals surface area contributed by atoms with Crippen LogP contribution in [0, 0.1) is 11.8 Å². The van der Waals surface area contributed by atoms with Crippen molar-refractivity contribution >= 4 is 11.8 Å². The molecule has 0 aromatic heterocycles. The van der Waals surface area contributed by atoms with Gasteiger partial charge in [-0.1, -0.05) is 6.92 Å². The van der Waals surface area contributed by atoms with E-state index in [1.54, 1.807) is 0 Å². The van der Waals surface area contributed by atoms with Gasteiger partial charge in [0.2, 0.25) is 11.8 Å². The molecule has 5 heteroatoms. The van der Waals surface area contributed by atoms with E-state index in [-0.39, 0.29) is 17.9 Å². The predicted molar refractivity (Wildman–Crippen MR) is 73.3 cm³/mol. The van der Waals surface area contributed by atoms with E-state index in [0.717, 1.165) is 45.3 Å². The van der Waals surface area contributed by atoms with Gasteiger partial charge in [0, 0.05) is 19.5 Å². The molecule has 2 aliphatic rings. The Morgan fingerprint density at radius 3 is 2.53 bits per heavy atom. The van der Waals surface area contributed by atoms with E-state index < -0.39 is 0 Å². The molecule has 2 heterocycles. The molecule has 2 unspecified atom stereocenters. The van der Waals surface area contributed by atoms with Crippen molar-refractivity contribution in [1.29, 1.82) is 0 Å². The molecule has 0 spiro atoms. The van der Waals surface area contributed by atoms with Crippen LogP contribution in [-0.2, 0) is 9.59 Å². The predicted octanol–water partition coefficient (Wildman–Crippen LogP) is 0.489. The molecule has 2 aliphatic heterocycles. The lowest BCUT2D eigenvalue weighted by molar-refractivity contribution is -0.136. The first kappa shape index (κ1) is 14.3. The highest BCUT2D eigenvalue weighted by atomic mass is 16.2. The van der Waals surface area contributed by atoms with E-state index in [1.165, 1.54) is 0 Å². The number of hydrogen-bond donors (Lipinski definition) is 2. The fourth-order valence-electron chi connectivity index (χ4n) is 3.22. The Morgan fingerprint density at radius 2 is 1.95 bits per heavy atom. The zero-order valence-electron chi connectivity index (χ0n) is 11.7. The number of amides is 2. The van der Waals surface area contributed by atoms with Crippen LogP contribution in [0.1, 0.15) is 39.0 Å². The maximum absolute atomic E-state index is 12.5. The Labute approximate surface area is 114 Å². The summed E-state index contributed by atoms with van der Waals surface area (Å²) in [5, 5.41) is 3.34. The van der Waals surface area contributed by atoms with Gasteiger partial charge in [-0.15, -0.1) is 0 Å². The summed E-state index contributed by atoms with van der Waals surface area (Å²) in [4.78, 5) is 25.3. The van der Waals surface area contributed by atoms with Crippen LogP contribution >= 0.6 is 0 Å². The van der Waals surface area contributed by atoms with Gasteiger partial charge in [-0.25, -0.2) is 0 Å². The Morgan fingerprint density at radius 1 is 1.26 bits per heavy atom. The molecule has 0 saturated carbocycles. The molecule has 0 aromatic carbocycles. The third kappa shape index (κ3) is 3.69. The lowest BCUT2D eigenvalue weighted by atomic mass is 9.89. The van der Waals surface area contributed by atoms with Crippen molar-refractivity contribution in [2.75, 3.05) is 19.6 Å². The largest absolute Gasteiger partial charge is 0.370 e. The molecule has 19 heavy (non-hydrogen) atoms. The van der Waals surface area contributed by atoms with Crippen molar-refractivity contribution < 1.29 is 9.59 Å². The van der Waals surface area contributed by atoms with E-state index in [1.807, 2.05) is 4.90 Å². The number of piperidine rings is 2. The summed E-state index contributed by atoms with van der Waals surface area (Å²) < 4.78 is 0. The van der Waals surface area contributed by atoms with Gasteiger partial charge in [-0.05, 0) is 44.1 Å². The van der Waals surface area contributed by atoms with Gasteiger partial charge in [0.25, 0.3) is 0 Å². The summed E-state index contributed by atoms with van der Waals surface area (Å²) >= 11 is 0. The molecule has 5 nitrogen and oxygen atoms in total. The van der Waals surface area contributed by atoms with Gasteiger partial charge < -0.3 is 16.0 Å². The second-order valence-corrected chi connectivity index (χ2v) is 5.99. The summed E-state index contributed by atoms with van der Waals surface area (Å²) in [6.07, 6.45) is 4.54. The standard InChI is InChI=1S/C14H25N3O2/c1-10-3-2-6-16-13(10)14(19)17-7-4-11(5-8-17)9-12(15)18/h10-11,13,16H,2-9H2,1H3,(H2,15,18). The average molecular weight is 267 g/mol. The number of nitrogens with one attached hydrogen (secondary N) is 1. The number of nitrogens with two attached hydrogens (primary N) is 1. The topological polar surface area (TPSA) is 75.4 Å². The molecule has 2 amide bonds. The third-order valence-corrected chi connectivity index (χ3v) is 4.45. The highest BCUT2D eigenvalue weighted by molar-refractivity contribution is 5.82. The molecule has 3 N–H and O–H groups in total. The van der Waals surface area contributed by atoms with Gasteiger partial charge >= 0.3 is 0 Å². The van der Waals surface area contributed by atoms with E-state index >= 15 is 0 Å². The molecular weight excluding hydrogens is 242 g/mol. The second-order valence-electron chi connectivity index (χ2n) is 5.99. The number of nitrogens with zero attached hydrogens (tertiary/aromatic N) is 1. The summed E-state index contributed by atoms with van der Waals surface area (Å²) in [7, 11) is 0. The first-order valence-corrected chi connectivity index (χ1v) is 7.38. The van der Waals surface area contributed by atoms with E-state index in [0.29, 0.717) is 18.3 Å². The molecule has 2 atom stereocenters. The van der Waals surface area contributed by atoms with Crippen LogP contribution in [0.2, 0.25) is 0 Å². The molecule has 2 saturated heterocycles. The molecule has 2 fully saturated rings. The molecule has 2 rings (SSSR count). The number of rotatable bonds is 3. The molecule has 0 aliphatic carbocycles. The van der Waals surface area contributed by atoms with E-state index in [9.17, 15) is 9.59 Å². The van der Waals surface area contributed by atoms with Gasteiger partial charge in [0.05, 0.1) is 6.04 Å².